The maximum atomic E-state index is 13.0. The Bertz CT molecular complexity index is 481. The molecule has 0 heterocycles. The van der Waals surface area contributed by atoms with Crippen LogP contribution in [0.25, 0.3) is 0 Å². The molecule has 0 spiro atoms. The van der Waals surface area contributed by atoms with E-state index in [4.69, 9.17) is 0 Å². The smallest absolute Gasteiger partial charge is 0.246 e. The van der Waals surface area contributed by atoms with Gasteiger partial charge in [-0.25, -0.2) is 4.39 Å². The maximum absolute atomic E-state index is 13.0. The Morgan fingerprint density at radius 1 is 1.26 bits per heavy atom. The molecule has 2 amide bonds. The van der Waals surface area contributed by atoms with E-state index < -0.39 is 17.3 Å². The first-order chi connectivity index (χ1) is 8.70. The van der Waals surface area contributed by atoms with Crippen LogP contribution >= 0.6 is 0 Å². The Labute approximate surface area is 112 Å². The largest absolute Gasteiger partial charge is 0.344 e. The van der Waals surface area contributed by atoms with Crippen molar-refractivity contribution in [3.05, 3.63) is 30.1 Å². The van der Waals surface area contributed by atoms with Crippen molar-refractivity contribution in [2.75, 3.05) is 5.32 Å². The molecule has 0 saturated carbocycles. The molecule has 0 aliphatic rings. The quantitative estimate of drug-likeness (QED) is 0.882. The fourth-order valence-electron chi connectivity index (χ4n) is 1.30. The van der Waals surface area contributed by atoms with E-state index in [-0.39, 0.29) is 11.8 Å². The summed E-state index contributed by atoms with van der Waals surface area (Å²) in [6, 6.07) is 4.91. The van der Waals surface area contributed by atoms with Crippen molar-refractivity contribution in [1.82, 2.24) is 5.32 Å². The van der Waals surface area contributed by atoms with Crippen LogP contribution in [0.2, 0.25) is 0 Å². The number of benzene rings is 1. The third-order valence-electron chi connectivity index (χ3n) is 2.51. The van der Waals surface area contributed by atoms with Crippen LogP contribution in [0.1, 0.15) is 27.7 Å². The van der Waals surface area contributed by atoms with Gasteiger partial charge in [-0.05, 0) is 25.1 Å². The standard InChI is InChI=1S/C14H19FN2O2/c1-9(16-13(19)14(2,3)4)12(18)17-11-7-5-6-10(15)8-11/h5-9H,1-4H3,(H,16,19)(H,17,18)/t9-/m1/s1. The van der Waals surface area contributed by atoms with Crippen molar-refractivity contribution < 1.29 is 14.0 Å². The molecule has 0 saturated heterocycles. The van der Waals surface area contributed by atoms with Crippen LogP contribution in [-0.4, -0.2) is 17.9 Å². The highest BCUT2D eigenvalue weighted by molar-refractivity contribution is 5.97. The highest BCUT2D eigenvalue weighted by Crippen LogP contribution is 2.13. The highest BCUT2D eigenvalue weighted by Gasteiger charge is 2.25. The molecule has 5 heteroatoms. The summed E-state index contributed by atoms with van der Waals surface area (Å²) in [5, 5.41) is 5.16. The summed E-state index contributed by atoms with van der Waals surface area (Å²) in [6.07, 6.45) is 0. The molecule has 0 fully saturated rings. The molecular weight excluding hydrogens is 247 g/mol. The number of rotatable bonds is 3. The van der Waals surface area contributed by atoms with Crippen LogP contribution in [0.5, 0.6) is 0 Å². The molecule has 2 N–H and O–H groups in total. The Hall–Kier alpha value is -1.91. The van der Waals surface area contributed by atoms with Crippen molar-refractivity contribution in [3.63, 3.8) is 0 Å². The van der Waals surface area contributed by atoms with Crippen molar-refractivity contribution in [3.8, 4) is 0 Å². The van der Waals surface area contributed by atoms with Crippen LogP contribution in [0.4, 0.5) is 10.1 Å². The maximum Gasteiger partial charge on any atom is 0.246 e. The first kappa shape index (κ1) is 15.1. The van der Waals surface area contributed by atoms with Crippen LogP contribution in [0.15, 0.2) is 24.3 Å². The molecule has 4 nitrogen and oxygen atoms in total. The minimum atomic E-state index is -0.685. The second-order valence-electron chi connectivity index (χ2n) is 5.44. The Balaban J connectivity index is 2.61. The number of halogens is 1. The third-order valence-corrected chi connectivity index (χ3v) is 2.51. The van der Waals surface area contributed by atoms with Gasteiger partial charge in [0.05, 0.1) is 0 Å². The normalized spacial score (nSPS) is 12.7. The van der Waals surface area contributed by atoms with E-state index in [1.165, 1.54) is 18.2 Å². The van der Waals surface area contributed by atoms with E-state index in [2.05, 4.69) is 10.6 Å². The van der Waals surface area contributed by atoms with Crippen molar-refractivity contribution in [2.45, 2.75) is 33.7 Å². The summed E-state index contributed by atoms with van der Waals surface area (Å²) in [7, 11) is 0. The molecule has 0 bridgehead atoms. The second kappa shape index (κ2) is 5.82. The van der Waals surface area contributed by atoms with Gasteiger partial charge >= 0.3 is 0 Å². The molecule has 1 aromatic carbocycles. The Morgan fingerprint density at radius 3 is 2.42 bits per heavy atom. The van der Waals surface area contributed by atoms with Crippen molar-refractivity contribution in [2.24, 2.45) is 5.41 Å². The molecule has 0 unspecified atom stereocenters. The van der Waals surface area contributed by atoms with Gasteiger partial charge in [-0.3, -0.25) is 9.59 Å². The van der Waals surface area contributed by atoms with Gasteiger partial charge in [0.15, 0.2) is 0 Å². The van der Waals surface area contributed by atoms with Crippen molar-refractivity contribution in [1.29, 1.82) is 0 Å². The van der Waals surface area contributed by atoms with Crippen molar-refractivity contribution >= 4 is 17.5 Å². The zero-order valence-electron chi connectivity index (χ0n) is 11.6. The van der Waals surface area contributed by atoms with Crippen LogP contribution in [0.3, 0.4) is 0 Å². The lowest BCUT2D eigenvalue weighted by Crippen LogP contribution is -2.46. The summed E-state index contributed by atoms with van der Waals surface area (Å²) in [5.41, 5.74) is -0.199. The summed E-state index contributed by atoms with van der Waals surface area (Å²) >= 11 is 0. The third kappa shape index (κ3) is 4.69. The fraction of sp³-hybridized carbons (Fsp3) is 0.429. The van der Waals surface area contributed by atoms with E-state index in [1.54, 1.807) is 33.8 Å². The monoisotopic (exact) mass is 266 g/mol. The predicted octanol–water partition coefficient (Wildman–Crippen LogP) is 2.32. The zero-order chi connectivity index (χ0) is 14.6. The molecule has 0 aliphatic carbocycles. The number of hydrogen-bond acceptors (Lipinski definition) is 2. The lowest BCUT2D eigenvalue weighted by Gasteiger charge is -2.21. The summed E-state index contributed by atoms with van der Waals surface area (Å²) in [4.78, 5) is 23.6. The molecule has 0 aromatic heterocycles. The van der Waals surface area contributed by atoms with E-state index in [0.29, 0.717) is 5.69 Å². The fourth-order valence-corrected chi connectivity index (χ4v) is 1.30. The molecule has 0 aliphatic heterocycles. The minimum absolute atomic E-state index is 0.214. The SMILES string of the molecule is C[C@@H](NC(=O)C(C)(C)C)C(=O)Nc1cccc(F)c1. The average Bonchev–Trinajstić information content (AvgIpc) is 2.27. The lowest BCUT2D eigenvalue weighted by atomic mass is 9.95. The Morgan fingerprint density at radius 2 is 1.89 bits per heavy atom. The average molecular weight is 266 g/mol. The second-order valence-corrected chi connectivity index (χ2v) is 5.44. The number of anilines is 1. The van der Waals surface area contributed by atoms with E-state index in [1.807, 2.05) is 0 Å². The predicted molar refractivity (Wildman–Crippen MR) is 72.1 cm³/mol. The number of nitrogens with one attached hydrogen (secondary N) is 2. The van der Waals surface area contributed by atoms with E-state index in [9.17, 15) is 14.0 Å². The van der Waals surface area contributed by atoms with Gasteiger partial charge in [0.2, 0.25) is 11.8 Å². The van der Waals surface area contributed by atoms with Crippen LogP contribution < -0.4 is 10.6 Å². The molecule has 0 radical (unpaired) electrons. The van der Waals surface area contributed by atoms with Gasteiger partial charge in [-0.2, -0.15) is 0 Å². The molecule has 1 rings (SSSR count). The topological polar surface area (TPSA) is 58.2 Å². The minimum Gasteiger partial charge on any atom is -0.344 e. The van der Waals surface area contributed by atoms with Crippen LogP contribution in [0, 0.1) is 11.2 Å². The van der Waals surface area contributed by atoms with Gasteiger partial charge in [0.25, 0.3) is 0 Å². The van der Waals surface area contributed by atoms with Crippen LogP contribution in [-0.2, 0) is 9.59 Å². The number of carbonyl (C=O) groups is 2. The molecule has 104 valence electrons. The number of amides is 2. The molecule has 1 aromatic rings. The lowest BCUT2D eigenvalue weighted by molar-refractivity contribution is -0.131. The first-order valence-electron chi connectivity index (χ1n) is 6.07. The Kier molecular flexibility index (Phi) is 4.64. The number of hydrogen-bond donors (Lipinski definition) is 2. The number of carbonyl (C=O) groups excluding carboxylic acids is 2. The molecule has 1 atom stereocenters. The molecular formula is C14H19FN2O2. The van der Waals surface area contributed by atoms with E-state index in [0.717, 1.165) is 0 Å². The summed E-state index contributed by atoms with van der Waals surface area (Å²) in [5.74, 6) is -1.03. The summed E-state index contributed by atoms with van der Waals surface area (Å²) in [6.45, 7) is 6.87. The molecule has 19 heavy (non-hydrogen) atoms. The van der Waals surface area contributed by atoms with Gasteiger partial charge < -0.3 is 10.6 Å². The van der Waals surface area contributed by atoms with Gasteiger partial charge in [0.1, 0.15) is 11.9 Å². The van der Waals surface area contributed by atoms with Gasteiger partial charge in [-0.15, -0.1) is 0 Å². The van der Waals surface area contributed by atoms with Gasteiger partial charge in [-0.1, -0.05) is 26.8 Å². The summed E-state index contributed by atoms with van der Waals surface area (Å²) < 4.78 is 13.0. The van der Waals surface area contributed by atoms with Gasteiger partial charge in [0, 0.05) is 11.1 Å². The highest BCUT2D eigenvalue weighted by atomic mass is 19.1. The van der Waals surface area contributed by atoms with E-state index >= 15 is 0 Å². The first-order valence-corrected chi connectivity index (χ1v) is 6.07. The zero-order valence-corrected chi connectivity index (χ0v) is 11.6.